The molecule has 0 amide bonds. The van der Waals surface area contributed by atoms with Gasteiger partial charge in [-0.25, -0.2) is 0 Å². The summed E-state index contributed by atoms with van der Waals surface area (Å²) in [5.41, 5.74) is 0. The summed E-state index contributed by atoms with van der Waals surface area (Å²) >= 11 is 0. The van der Waals surface area contributed by atoms with E-state index in [1.807, 2.05) is 0 Å². The Balaban J connectivity index is 0. The second-order valence-corrected chi connectivity index (χ2v) is 0. The first-order valence-electron chi connectivity index (χ1n) is 0. The van der Waals surface area contributed by atoms with Gasteiger partial charge in [-0.15, -0.1) is 24.0 Å². The molecular weight excluding hydrogens is 196 g/mol. The summed E-state index contributed by atoms with van der Waals surface area (Å²) in [6.45, 7) is 0. The first-order chi connectivity index (χ1) is 0. The minimum absolute atomic E-state index is 0. The van der Waals surface area contributed by atoms with E-state index in [2.05, 4.69) is 0 Å². The van der Waals surface area contributed by atoms with Crippen molar-refractivity contribution in [3.05, 3.63) is 0 Å². The maximum atomic E-state index is 0. The fraction of sp³-hybridized carbons (Fsp3) is 0. The Kier molecular flexibility index (Phi) is 182. The van der Waals surface area contributed by atoms with Gasteiger partial charge < -0.3 is 6.15 Å². The van der Waals surface area contributed by atoms with Gasteiger partial charge in [0.05, 0.1) is 0 Å². The van der Waals surface area contributed by atoms with Crippen LogP contribution in [0.3, 0.4) is 0 Å². The quantitative estimate of drug-likeness (QED) is 0.444. The van der Waals surface area contributed by atoms with E-state index in [4.69, 9.17) is 0 Å². The van der Waals surface area contributed by atoms with Gasteiger partial charge in [0.1, 0.15) is 0 Å². The topological polar surface area (TPSA) is 35.0 Å². The normalized spacial score (nSPS) is 0. The zero-order valence-corrected chi connectivity index (χ0v) is 4.95. The molecule has 0 aliphatic heterocycles. The molecule has 1 nitrogen and oxygen atoms in total. The number of halogens is 1. The van der Waals surface area contributed by atoms with Crippen LogP contribution in [0.1, 0.15) is 0 Å². The van der Waals surface area contributed by atoms with Crippen molar-refractivity contribution in [3.8, 4) is 0 Å². The van der Waals surface area contributed by atoms with Crippen LogP contribution in [0.4, 0.5) is 0 Å². The van der Waals surface area contributed by atoms with Crippen molar-refractivity contribution >= 4 is 67.0 Å². The van der Waals surface area contributed by atoms with Crippen LogP contribution in [0.25, 0.3) is 0 Å². The van der Waals surface area contributed by atoms with Gasteiger partial charge in [-0.1, -0.05) is 0 Å². The summed E-state index contributed by atoms with van der Waals surface area (Å²) in [7, 11) is 0. The molecule has 3 N–H and O–H groups in total. The predicted octanol–water partition coefficient (Wildman–Crippen LogP) is 0.244. The van der Waals surface area contributed by atoms with Gasteiger partial charge in [-0.2, -0.15) is 13.5 Å². The second-order valence-electron chi connectivity index (χ2n) is 0. The molecule has 0 heterocycles. The SMILES string of the molecule is I.N.S.[NaH]. The van der Waals surface area contributed by atoms with E-state index in [0.717, 1.165) is 0 Å². The molecule has 0 saturated carbocycles. The molecule has 4 heavy (non-hydrogen) atoms. The fourth-order valence-corrected chi connectivity index (χ4v) is 0. The summed E-state index contributed by atoms with van der Waals surface area (Å²) in [5, 5.41) is 0. The maximum absolute atomic E-state index is 0. The number of rotatable bonds is 0. The molecule has 0 saturated heterocycles. The first-order valence-corrected chi connectivity index (χ1v) is 0. The van der Waals surface area contributed by atoms with E-state index in [1.54, 1.807) is 0 Å². The third kappa shape index (κ3) is 8.97. The zero-order valence-electron chi connectivity index (χ0n) is 1.62. The molecule has 26 valence electrons. The van der Waals surface area contributed by atoms with Crippen molar-refractivity contribution in [2.75, 3.05) is 0 Å². The summed E-state index contributed by atoms with van der Waals surface area (Å²) in [5.74, 6) is 0. The van der Waals surface area contributed by atoms with Gasteiger partial charge in [-0.05, 0) is 0 Å². The van der Waals surface area contributed by atoms with Crippen LogP contribution in [-0.2, 0) is 0 Å². The van der Waals surface area contributed by atoms with E-state index in [1.165, 1.54) is 0 Å². The molecule has 0 aliphatic rings. The van der Waals surface area contributed by atoms with Crippen LogP contribution < -0.4 is 6.15 Å². The third-order valence-corrected chi connectivity index (χ3v) is 0. The van der Waals surface area contributed by atoms with Crippen molar-refractivity contribution in [2.45, 2.75) is 0 Å². The Bertz CT molecular complexity index is 8.00. The van der Waals surface area contributed by atoms with Crippen LogP contribution in [-0.4, -0.2) is 29.6 Å². The third-order valence-electron chi connectivity index (χ3n) is 0. The Morgan fingerprint density at radius 2 is 1.00 bits per heavy atom. The Hall–Kier alpha value is 2.04. The molecule has 0 aromatic carbocycles. The van der Waals surface area contributed by atoms with Crippen LogP contribution in [0.15, 0.2) is 0 Å². The second kappa shape index (κ2) is 19.8. The van der Waals surface area contributed by atoms with E-state index < -0.39 is 0 Å². The monoisotopic (exact) mass is 203 g/mol. The Labute approximate surface area is 72.3 Å². The number of hydrogen-bond acceptors (Lipinski definition) is 1. The van der Waals surface area contributed by atoms with Gasteiger partial charge in [0.25, 0.3) is 0 Å². The molecule has 0 unspecified atom stereocenters. The standard InChI is InChI=1S/HI.H3N.Na.H2S.H/h1H;1H3;;1H2;. The van der Waals surface area contributed by atoms with Gasteiger partial charge in [0.2, 0.25) is 0 Å². The van der Waals surface area contributed by atoms with Crippen LogP contribution in [0, 0.1) is 0 Å². The van der Waals surface area contributed by atoms with Crippen molar-refractivity contribution in [1.29, 1.82) is 0 Å². The fourth-order valence-electron chi connectivity index (χ4n) is 0. The van der Waals surface area contributed by atoms with E-state index in [-0.39, 0.29) is 73.2 Å². The molecule has 0 aromatic rings. The summed E-state index contributed by atoms with van der Waals surface area (Å²) in [4.78, 5) is 0. The summed E-state index contributed by atoms with van der Waals surface area (Å²) in [6, 6.07) is 0. The molecule has 0 radical (unpaired) electrons. The van der Waals surface area contributed by atoms with Crippen LogP contribution in [0.5, 0.6) is 0 Å². The van der Waals surface area contributed by atoms with Gasteiger partial charge in [-0.3, -0.25) is 0 Å². The molecular formula is H7INNaS. The molecule has 0 atom stereocenters. The van der Waals surface area contributed by atoms with Crippen LogP contribution >= 0.6 is 37.5 Å². The van der Waals surface area contributed by atoms with Crippen molar-refractivity contribution < 1.29 is 0 Å². The van der Waals surface area contributed by atoms with Crippen molar-refractivity contribution in [1.82, 2.24) is 6.15 Å². The van der Waals surface area contributed by atoms with E-state index in [0.29, 0.717) is 0 Å². The zero-order chi connectivity index (χ0) is 0. The Morgan fingerprint density at radius 3 is 1.00 bits per heavy atom. The minimum atomic E-state index is 0. The van der Waals surface area contributed by atoms with Gasteiger partial charge in [0, 0.05) is 0 Å². The van der Waals surface area contributed by atoms with Gasteiger partial charge in [0.15, 0.2) is 0 Å². The summed E-state index contributed by atoms with van der Waals surface area (Å²) < 4.78 is 0. The first kappa shape index (κ1) is 36.9. The van der Waals surface area contributed by atoms with Crippen LogP contribution in [0.2, 0.25) is 0 Å². The van der Waals surface area contributed by atoms with Crippen molar-refractivity contribution in [2.24, 2.45) is 0 Å². The predicted molar refractivity (Wildman–Crippen MR) is 38.0 cm³/mol. The summed E-state index contributed by atoms with van der Waals surface area (Å²) in [6.07, 6.45) is 0. The molecule has 0 spiro atoms. The van der Waals surface area contributed by atoms with Crippen molar-refractivity contribution in [3.63, 3.8) is 0 Å². The van der Waals surface area contributed by atoms with E-state index >= 15 is 0 Å². The molecule has 0 rings (SSSR count). The molecule has 0 fully saturated rings. The number of hydrogen-bond donors (Lipinski definition) is 1. The molecule has 4 heteroatoms. The van der Waals surface area contributed by atoms with Gasteiger partial charge >= 0.3 is 29.6 Å². The molecule has 0 aliphatic carbocycles. The molecule has 0 bridgehead atoms. The average molecular weight is 203 g/mol. The molecule has 0 aromatic heterocycles. The van der Waals surface area contributed by atoms with E-state index in [9.17, 15) is 0 Å². The Morgan fingerprint density at radius 1 is 1.00 bits per heavy atom. The average Bonchev–Trinajstić information content (AvgIpc) is 0.